The lowest BCUT2D eigenvalue weighted by atomic mass is 10.1. The number of amides is 1. The van der Waals surface area contributed by atoms with Crippen molar-refractivity contribution in [2.45, 2.75) is 13.0 Å². The maximum atomic E-state index is 12.7. The van der Waals surface area contributed by atoms with Crippen LogP contribution in [0.5, 0.6) is 0 Å². The summed E-state index contributed by atoms with van der Waals surface area (Å²) in [5.41, 5.74) is 2.76. The van der Waals surface area contributed by atoms with Crippen molar-refractivity contribution in [3.8, 4) is 0 Å². The summed E-state index contributed by atoms with van der Waals surface area (Å²) < 4.78 is 5.50. The minimum absolute atomic E-state index is 0.0351. The van der Waals surface area contributed by atoms with Gasteiger partial charge in [-0.1, -0.05) is 17.7 Å². The van der Waals surface area contributed by atoms with Crippen molar-refractivity contribution in [2.75, 3.05) is 19.8 Å². The molecule has 1 fully saturated rings. The van der Waals surface area contributed by atoms with Gasteiger partial charge in [0.1, 0.15) is 0 Å². The van der Waals surface area contributed by atoms with Gasteiger partial charge < -0.3 is 9.64 Å². The molecule has 5 nitrogen and oxygen atoms in total. The van der Waals surface area contributed by atoms with Crippen molar-refractivity contribution < 1.29 is 9.53 Å². The molecule has 1 aromatic heterocycles. The lowest BCUT2D eigenvalue weighted by Crippen LogP contribution is -2.43. The highest BCUT2D eigenvalue weighted by atomic mass is 16.5. The highest BCUT2D eigenvalue weighted by molar-refractivity contribution is 5.94. The van der Waals surface area contributed by atoms with Crippen LogP contribution in [0.4, 0.5) is 0 Å². The molecule has 0 spiro atoms. The smallest absolute Gasteiger partial charge is 0.254 e. The first-order valence-electron chi connectivity index (χ1n) is 6.70. The van der Waals surface area contributed by atoms with Crippen LogP contribution in [0.15, 0.2) is 36.5 Å². The second-order valence-corrected chi connectivity index (χ2v) is 4.97. The van der Waals surface area contributed by atoms with E-state index in [2.05, 4.69) is 10.2 Å². The Labute approximate surface area is 117 Å². The Hall–Kier alpha value is -2.14. The summed E-state index contributed by atoms with van der Waals surface area (Å²) in [5.74, 6) is 0.0351. The molecule has 1 amide bonds. The molecule has 104 valence electrons. The number of benzene rings is 1. The maximum Gasteiger partial charge on any atom is 0.254 e. The Morgan fingerprint density at radius 2 is 2.15 bits per heavy atom. The molecule has 1 saturated heterocycles. The van der Waals surface area contributed by atoms with E-state index in [9.17, 15) is 4.79 Å². The number of ether oxygens (including phenoxy) is 1. The first-order chi connectivity index (χ1) is 9.75. The molecule has 0 aliphatic carbocycles. The molecule has 1 aliphatic rings. The van der Waals surface area contributed by atoms with Gasteiger partial charge >= 0.3 is 0 Å². The first kappa shape index (κ1) is 12.9. The molecular weight excluding hydrogens is 254 g/mol. The number of hydrogen-bond donors (Lipinski definition) is 1. The number of nitrogens with one attached hydrogen (secondary N) is 1. The number of H-pyrrole nitrogens is 1. The van der Waals surface area contributed by atoms with Crippen LogP contribution in [0.1, 0.15) is 27.7 Å². The van der Waals surface area contributed by atoms with Crippen LogP contribution in [0.3, 0.4) is 0 Å². The third-order valence-corrected chi connectivity index (χ3v) is 3.57. The van der Waals surface area contributed by atoms with Crippen molar-refractivity contribution in [2.24, 2.45) is 0 Å². The fourth-order valence-electron chi connectivity index (χ4n) is 2.42. The van der Waals surface area contributed by atoms with Crippen molar-refractivity contribution in [1.82, 2.24) is 15.1 Å². The SMILES string of the molecule is Cc1ccc(C(=O)N2CCOC[C@H]2c2ccn[nH]2)cc1. The molecule has 2 heterocycles. The zero-order valence-corrected chi connectivity index (χ0v) is 11.4. The highest BCUT2D eigenvalue weighted by Crippen LogP contribution is 2.24. The van der Waals surface area contributed by atoms with Crippen molar-refractivity contribution in [3.63, 3.8) is 0 Å². The Balaban J connectivity index is 1.86. The van der Waals surface area contributed by atoms with Crippen molar-refractivity contribution >= 4 is 5.91 Å². The lowest BCUT2D eigenvalue weighted by molar-refractivity contribution is -0.00391. The monoisotopic (exact) mass is 271 g/mol. The van der Waals surface area contributed by atoms with Gasteiger partial charge in [-0.2, -0.15) is 5.10 Å². The average Bonchev–Trinajstić information content (AvgIpc) is 3.01. The summed E-state index contributed by atoms with van der Waals surface area (Å²) in [6, 6.07) is 9.45. The molecule has 0 saturated carbocycles. The number of aryl methyl sites for hydroxylation is 1. The predicted molar refractivity (Wildman–Crippen MR) is 74.4 cm³/mol. The quantitative estimate of drug-likeness (QED) is 0.908. The van der Waals surface area contributed by atoms with Crippen molar-refractivity contribution in [1.29, 1.82) is 0 Å². The van der Waals surface area contributed by atoms with E-state index in [-0.39, 0.29) is 11.9 Å². The summed E-state index contributed by atoms with van der Waals surface area (Å²) in [4.78, 5) is 14.5. The Bertz CT molecular complexity index is 578. The molecule has 20 heavy (non-hydrogen) atoms. The fraction of sp³-hybridized carbons (Fsp3) is 0.333. The Morgan fingerprint density at radius 1 is 1.35 bits per heavy atom. The van der Waals surface area contributed by atoms with Gasteiger partial charge in [0, 0.05) is 18.3 Å². The molecule has 0 unspecified atom stereocenters. The number of carbonyl (C=O) groups excluding carboxylic acids is 1. The van der Waals surface area contributed by atoms with E-state index in [1.165, 1.54) is 0 Å². The Morgan fingerprint density at radius 3 is 2.85 bits per heavy atom. The summed E-state index contributed by atoms with van der Waals surface area (Å²) in [6.45, 7) is 3.68. The standard InChI is InChI=1S/C15H17N3O2/c1-11-2-4-12(5-3-11)15(19)18-8-9-20-10-14(18)13-6-7-16-17-13/h2-7,14H,8-10H2,1H3,(H,16,17)/t14-/m0/s1. The summed E-state index contributed by atoms with van der Waals surface area (Å²) in [5, 5.41) is 6.89. The molecule has 1 aliphatic heterocycles. The van der Waals surface area contributed by atoms with Gasteiger partial charge in [-0.15, -0.1) is 0 Å². The van der Waals surface area contributed by atoms with Gasteiger partial charge in [0.15, 0.2) is 0 Å². The van der Waals surface area contributed by atoms with Gasteiger partial charge in [0.25, 0.3) is 5.91 Å². The predicted octanol–water partition coefficient (Wildman–Crippen LogP) is 1.93. The number of hydrogen-bond acceptors (Lipinski definition) is 3. The van der Waals surface area contributed by atoms with E-state index in [1.54, 1.807) is 6.20 Å². The zero-order valence-electron chi connectivity index (χ0n) is 11.4. The molecule has 0 bridgehead atoms. The van der Waals surface area contributed by atoms with Crippen LogP contribution in [-0.4, -0.2) is 40.8 Å². The number of aromatic nitrogens is 2. The molecule has 2 aromatic rings. The number of morpholine rings is 1. The summed E-state index contributed by atoms with van der Waals surface area (Å²) in [6.07, 6.45) is 1.69. The van der Waals surface area contributed by atoms with E-state index in [0.29, 0.717) is 25.3 Å². The highest BCUT2D eigenvalue weighted by Gasteiger charge is 2.30. The van der Waals surface area contributed by atoms with Gasteiger partial charge in [0.05, 0.1) is 24.9 Å². The molecule has 3 rings (SSSR count). The topological polar surface area (TPSA) is 58.2 Å². The average molecular weight is 271 g/mol. The van der Waals surface area contributed by atoms with E-state index in [4.69, 9.17) is 4.74 Å². The van der Waals surface area contributed by atoms with Gasteiger partial charge in [-0.25, -0.2) is 0 Å². The third kappa shape index (κ3) is 2.44. The normalized spacial score (nSPS) is 19.1. The molecule has 1 N–H and O–H groups in total. The second kappa shape index (κ2) is 5.46. The van der Waals surface area contributed by atoms with Crippen LogP contribution < -0.4 is 0 Å². The number of carbonyl (C=O) groups is 1. The van der Waals surface area contributed by atoms with E-state index < -0.39 is 0 Å². The van der Waals surface area contributed by atoms with Crippen LogP contribution in [0.25, 0.3) is 0 Å². The fourth-order valence-corrected chi connectivity index (χ4v) is 2.42. The third-order valence-electron chi connectivity index (χ3n) is 3.57. The number of aromatic amines is 1. The molecule has 5 heteroatoms. The van der Waals surface area contributed by atoms with E-state index in [1.807, 2.05) is 42.2 Å². The number of rotatable bonds is 2. The van der Waals surface area contributed by atoms with Crippen molar-refractivity contribution in [3.05, 3.63) is 53.3 Å². The minimum atomic E-state index is -0.0972. The molecular formula is C15H17N3O2. The molecule has 1 aromatic carbocycles. The minimum Gasteiger partial charge on any atom is -0.377 e. The summed E-state index contributed by atoms with van der Waals surface area (Å²) >= 11 is 0. The number of nitrogens with zero attached hydrogens (tertiary/aromatic N) is 2. The van der Waals surface area contributed by atoms with Gasteiger partial charge in [-0.3, -0.25) is 9.89 Å². The largest absolute Gasteiger partial charge is 0.377 e. The van der Waals surface area contributed by atoms with Gasteiger partial charge in [0.2, 0.25) is 0 Å². The van der Waals surface area contributed by atoms with Crippen LogP contribution in [0, 0.1) is 6.92 Å². The van der Waals surface area contributed by atoms with E-state index in [0.717, 1.165) is 11.3 Å². The lowest BCUT2D eigenvalue weighted by Gasteiger charge is -2.35. The maximum absolute atomic E-state index is 12.7. The van der Waals surface area contributed by atoms with Crippen LogP contribution >= 0.6 is 0 Å². The van der Waals surface area contributed by atoms with Crippen LogP contribution in [-0.2, 0) is 4.74 Å². The Kier molecular flexibility index (Phi) is 3.52. The summed E-state index contributed by atoms with van der Waals surface area (Å²) in [7, 11) is 0. The second-order valence-electron chi connectivity index (χ2n) is 4.97. The van der Waals surface area contributed by atoms with E-state index >= 15 is 0 Å². The zero-order chi connectivity index (χ0) is 13.9. The van der Waals surface area contributed by atoms with Gasteiger partial charge in [-0.05, 0) is 25.1 Å². The van der Waals surface area contributed by atoms with Crippen LogP contribution in [0.2, 0.25) is 0 Å². The molecule has 1 atom stereocenters. The first-order valence-corrected chi connectivity index (χ1v) is 6.70. The molecule has 0 radical (unpaired) electrons.